The van der Waals surface area contributed by atoms with E-state index in [1.165, 1.54) is 0 Å². The van der Waals surface area contributed by atoms with E-state index in [0.717, 1.165) is 31.0 Å². The van der Waals surface area contributed by atoms with Crippen molar-refractivity contribution in [1.82, 2.24) is 9.88 Å². The average Bonchev–Trinajstić information content (AvgIpc) is 2.41. The summed E-state index contributed by atoms with van der Waals surface area (Å²) in [4.78, 5) is 9.10. The molecule has 0 aliphatic carbocycles. The van der Waals surface area contributed by atoms with E-state index in [1.54, 1.807) is 0 Å². The first-order chi connectivity index (χ1) is 8.61. The van der Waals surface area contributed by atoms with Gasteiger partial charge in [-0.1, -0.05) is 6.92 Å². The molecule has 0 aromatic carbocycles. The molecule has 1 fully saturated rings. The van der Waals surface area contributed by atoms with E-state index in [4.69, 9.17) is 0 Å². The van der Waals surface area contributed by atoms with Crippen LogP contribution >= 0.6 is 0 Å². The molecule has 2 heterocycles. The van der Waals surface area contributed by atoms with E-state index in [2.05, 4.69) is 34.8 Å². The summed E-state index contributed by atoms with van der Waals surface area (Å²) in [6.45, 7) is 7.36. The van der Waals surface area contributed by atoms with Gasteiger partial charge < -0.3 is 14.9 Å². The molecule has 1 unspecified atom stereocenters. The zero-order valence-electron chi connectivity index (χ0n) is 11.5. The summed E-state index contributed by atoms with van der Waals surface area (Å²) < 4.78 is 0. The first-order valence-electron chi connectivity index (χ1n) is 6.71. The van der Waals surface area contributed by atoms with Crippen molar-refractivity contribution in [3.8, 4) is 0 Å². The Labute approximate surface area is 109 Å². The molecule has 2 atom stereocenters. The van der Waals surface area contributed by atoms with Gasteiger partial charge in [0.05, 0.1) is 23.7 Å². The maximum absolute atomic E-state index is 9.72. The molecule has 0 radical (unpaired) electrons. The van der Waals surface area contributed by atoms with E-state index < -0.39 is 6.10 Å². The predicted octanol–water partition coefficient (Wildman–Crippen LogP) is 1.67. The number of hydrogen-bond acceptors (Lipinski definition) is 4. The lowest BCUT2D eigenvalue weighted by Gasteiger charge is -2.38. The van der Waals surface area contributed by atoms with E-state index in [-0.39, 0.29) is 0 Å². The molecule has 1 aliphatic heterocycles. The molecule has 1 N–H and O–H groups in total. The van der Waals surface area contributed by atoms with Crippen molar-refractivity contribution in [2.45, 2.75) is 32.4 Å². The second-order valence-corrected chi connectivity index (χ2v) is 5.14. The minimum absolute atomic E-state index is 0.439. The number of nitrogens with zero attached hydrogens (tertiary/aromatic N) is 3. The molecular formula is C14H23N3O. The van der Waals surface area contributed by atoms with Crippen LogP contribution in [0.4, 0.5) is 5.69 Å². The van der Waals surface area contributed by atoms with E-state index >= 15 is 0 Å². The van der Waals surface area contributed by atoms with Gasteiger partial charge in [0.1, 0.15) is 0 Å². The number of aliphatic hydroxyl groups excluding tert-OH is 1. The van der Waals surface area contributed by atoms with Gasteiger partial charge in [-0.25, -0.2) is 0 Å². The van der Waals surface area contributed by atoms with Gasteiger partial charge in [-0.15, -0.1) is 0 Å². The summed E-state index contributed by atoms with van der Waals surface area (Å²) in [5.41, 5.74) is 1.92. The fraction of sp³-hybridized carbons (Fsp3) is 0.643. The van der Waals surface area contributed by atoms with Crippen molar-refractivity contribution in [1.29, 1.82) is 0 Å². The number of anilines is 1. The predicted molar refractivity (Wildman–Crippen MR) is 73.8 cm³/mol. The molecule has 100 valence electrons. The molecule has 2 rings (SSSR count). The zero-order chi connectivity index (χ0) is 13.1. The molecule has 0 saturated carbocycles. The van der Waals surface area contributed by atoms with Gasteiger partial charge in [0, 0.05) is 25.7 Å². The van der Waals surface area contributed by atoms with Crippen LogP contribution in [0.15, 0.2) is 18.3 Å². The van der Waals surface area contributed by atoms with Gasteiger partial charge in [0.25, 0.3) is 0 Å². The highest BCUT2D eigenvalue weighted by molar-refractivity contribution is 5.45. The van der Waals surface area contributed by atoms with Crippen LogP contribution in [0.5, 0.6) is 0 Å². The third kappa shape index (κ3) is 2.82. The number of pyridine rings is 1. The first kappa shape index (κ1) is 13.3. The Balaban J connectivity index is 2.06. The molecule has 1 aromatic rings. The molecule has 4 heteroatoms. The Kier molecular flexibility index (Phi) is 4.19. The van der Waals surface area contributed by atoms with Crippen molar-refractivity contribution >= 4 is 5.69 Å². The summed E-state index contributed by atoms with van der Waals surface area (Å²) in [5.74, 6) is 0. The Morgan fingerprint density at radius 3 is 2.78 bits per heavy atom. The Morgan fingerprint density at radius 1 is 1.44 bits per heavy atom. The van der Waals surface area contributed by atoms with Crippen LogP contribution < -0.4 is 4.90 Å². The third-order valence-electron chi connectivity index (χ3n) is 3.82. The monoisotopic (exact) mass is 249 g/mol. The van der Waals surface area contributed by atoms with Gasteiger partial charge in [-0.05, 0) is 32.5 Å². The van der Waals surface area contributed by atoms with E-state index in [0.29, 0.717) is 12.5 Å². The number of hydrogen-bond donors (Lipinski definition) is 1. The average molecular weight is 249 g/mol. The second kappa shape index (κ2) is 5.67. The quantitative estimate of drug-likeness (QED) is 0.884. The van der Waals surface area contributed by atoms with Crippen LogP contribution in [0.25, 0.3) is 0 Å². The summed E-state index contributed by atoms with van der Waals surface area (Å²) in [7, 11) is 2.17. The molecule has 18 heavy (non-hydrogen) atoms. The van der Waals surface area contributed by atoms with Crippen LogP contribution in [0, 0.1) is 0 Å². The lowest BCUT2D eigenvalue weighted by Crippen LogP contribution is -2.50. The summed E-state index contributed by atoms with van der Waals surface area (Å²) in [5, 5.41) is 9.72. The maximum atomic E-state index is 9.72. The molecule has 0 amide bonds. The third-order valence-corrected chi connectivity index (χ3v) is 3.82. The summed E-state index contributed by atoms with van der Waals surface area (Å²) in [6.07, 6.45) is 2.15. The van der Waals surface area contributed by atoms with Gasteiger partial charge >= 0.3 is 0 Å². The smallest absolute Gasteiger partial charge is 0.0957 e. The summed E-state index contributed by atoms with van der Waals surface area (Å²) in [6, 6.07) is 4.57. The number of aromatic nitrogens is 1. The van der Waals surface area contributed by atoms with Crippen LogP contribution in [0.2, 0.25) is 0 Å². The molecular weight excluding hydrogens is 226 g/mol. The van der Waals surface area contributed by atoms with Crippen molar-refractivity contribution in [3.05, 3.63) is 24.0 Å². The highest BCUT2D eigenvalue weighted by Crippen LogP contribution is 2.20. The summed E-state index contributed by atoms with van der Waals surface area (Å²) >= 11 is 0. The van der Waals surface area contributed by atoms with Crippen LogP contribution in [-0.2, 0) is 0 Å². The number of likely N-dealkylation sites (N-methyl/N-ethyl adjacent to an activating group) is 1. The minimum Gasteiger partial charge on any atom is -0.387 e. The van der Waals surface area contributed by atoms with Crippen LogP contribution in [-0.4, -0.2) is 47.7 Å². The minimum atomic E-state index is -0.439. The van der Waals surface area contributed by atoms with Crippen LogP contribution in [0.1, 0.15) is 32.1 Å². The van der Waals surface area contributed by atoms with Crippen molar-refractivity contribution in [2.24, 2.45) is 0 Å². The molecule has 1 saturated heterocycles. The van der Waals surface area contributed by atoms with Crippen LogP contribution in [0.3, 0.4) is 0 Å². The lowest BCUT2D eigenvalue weighted by molar-refractivity contribution is 0.169. The molecule has 1 aromatic heterocycles. The Morgan fingerprint density at radius 2 is 2.22 bits per heavy atom. The fourth-order valence-corrected chi connectivity index (χ4v) is 2.27. The molecule has 0 spiro atoms. The second-order valence-electron chi connectivity index (χ2n) is 5.14. The van der Waals surface area contributed by atoms with Gasteiger partial charge in [0.15, 0.2) is 0 Å². The van der Waals surface area contributed by atoms with E-state index in [9.17, 15) is 5.11 Å². The van der Waals surface area contributed by atoms with Crippen molar-refractivity contribution < 1.29 is 5.11 Å². The molecule has 0 bridgehead atoms. The number of piperazine rings is 1. The zero-order valence-corrected chi connectivity index (χ0v) is 11.5. The normalized spacial score (nSPS) is 23.1. The largest absolute Gasteiger partial charge is 0.387 e. The lowest BCUT2D eigenvalue weighted by atomic mass is 10.1. The maximum Gasteiger partial charge on any atom is 0.0957 e. The molecule has 1 aliphatic rings. The topological polar surface area (TPSA) is 39.6 Å². The van der Waals surface area contributed by atoms with Gasteiger partial charge in [0.2, 0.25) is 0 Å². The first-order valence-corrected chi connectivity index (χ1v) is 6.71. The fourth-order valence-electron chi connectivity index (χ4n) is 2.27. The number of aliphatic hydroxyl groups is 1. The molecule has 4 nitrogen and oxygen atoms in total. The standard InChI is InChI=1S/C14H23N3O/c1-4-14(18)13-6-5-12(9-15-13)17-8-7-16(3)11(2)10-17/h5-6,9,11,14,18H,4,7-8,10H2,1-3H3/t11?,14-/m1/s1. The van der Waals surface area contributed by atoms with Crippen molar-refractivity contribution in [3.63, 3.8) is 0 Å². The van der Waals surface area contributed by atoms with Gasteiger partial charge in [-0.2, -0.15) is 0 Å². The SMILES string of the molecule is CC[C@@H](O)c1ccc(N2CCN(C)C(C)C2)cn1. The van der Waals surface area contributed by atoms with Gasteiger partial charge in [-0.3, -0.25) is 4.98 Å². The van der Waals surface area contributed by atoms with Crippen molar-refractivity contribution in [2.75, 3.05) is 31.6 Å². The number of rotatable bonds is 3. The highest BCUT2D eigenvalue weighted by atomic mass is 16.3. The Bertz CT molecular complexity index is 379. The highest BCUT2D eigenvalue weighted by Gasteiger charge is 2.21. The van der Waals surface area contributed by atoms with E-state index in [1.807, 2.05) is 19.2 Å². The Hall–Kier alpha value is -1.13.